The van der Waals surface area contributed by atoms with Crippen LogP contribution >= 0.6 is 35.0 Å². The SMILES string of the molecule is CC(=O)/C(C#N)=C(/N)SCc1c(Cl)cccc1Cl. The average Bonchev–Trinajstić information content (AvgIpc) is 2.28. The van der Waals surface area contributed by atoms with Gasteiger partial charge in [-0.1, -0.05) is 29.3 Å². The molecule has 0 fully saturated rings. The Bertz CT molecular complexity index is 529. The van der Waals surface area contributed by atoms with Gasteiger partial charge in [0, 0.05) is 15.8 Å². The number of nitrogens with two attached hydrogens (primary N) is 1. The molecule has 18 heavy (non-hydrogen) atoms. The van der Waals surface area contributed by atoms with Crippen molar-refractivity contribution in [2.75, 3.05) is 0 Å². The number of thioether (sulfide) groups is 1. The number of halogens is 2. The van der Waals surface area contributed by atoms with Crippen LogP contribution in [0.1, 0.15) is 12.5 Å². The lowest BCUT2D eigenvalue weighted by atomic mass is 10.2. The maximum atomic E-state index is 11.1. The lowest BCUT2D eigenvalue weighted by molar-refractivity contribution is -0.113. The summed E-state index contributed by atoms with van der Waals surface area (Å²) in [6.07, 6.45) is 0. The van der Waals surface area contributed by atoms with Crippen LogP contribution in [0.25, 0.3) is 0 Å². The van der Waals surface area contributed by atoms with E-state index in [9.17, 15) is 4.79 Å². The van der Waals surface area contributed by atoms with Crippen LogP contribution in [0.4, 0.5) is 0 Å². The van der Waals surface area contributed by atoms with E-state index < -0.39 is 0 Å². The summed E-state index contributed by atoms with van der Waals surface area (Å²) in [4.78, 5) is 11.1. The van der Waals surface area contributed by atoms with Gasteiger partial charge in [0.2, 0.25) is 0 Å². The van der Waals surface area contributed by atoms with Crippen LogP contribution in [-0.2, 0) is 10.5 Å². The minimum absolute atomic E-state index is 0.0387. The second-order valence-corrected chi connectivity index (χ2v) is 5.23. The number of Topliss-reactive ketones (excluding diaryl/α,β-unsaturated/α-hetero) is 1. The van der Waals surface area contributed by atoms with Crippen molar-refractivity contribution in [1.82, 2.24) is 0 Å². The zero-order valence-corrected chi connectivity index (χ0v) is 11.9. The highest BCUT2D eigenvalue weighted by Gasteiger charge is 2.11. The number of nitriles is 1. The highest BCUT2D eigenvalue weighted by molar-refractivity contribution is 8.02. The Balaban J connectivity index is 2.90. The van der Waals surface area contributed by atoms with Crippen LogP contribution in [0, 0.1) is 11.3 Å². The summed E-state index contributed by atoms with van der Waals surface area (Å²) in [6, 6.07) is 6.97. The fourth-order valence-electron chi connectivity index (χ4n) is 1.20. The van der Waals surface area contributed by atoms with E-state index in [2.05, 4.69) is 0 Å². The van der Waals surface area contributed by atoms with Crippen LogP contribution in [0.15, 0.2) is 28.8 Å². The molecule has 0 unspecified atom stereocenters. The molecule has 0 spiro atoms. The summed E-state index contributed by atoms with van der Waals surface area (Å²) in [6.45, 7) is 1.30. The Labute approximate surface area is 120 Å². The molecule has 0 aliphatic carbocycles. The van der Waals surface area contributed by atoms with Crippen molar-refractivity contribution in [3.05, 3.63) is 44.4 Å². The number of ketones is 1. The second kappa shape index (κ2) is 6.69. The van der Waals surface area contributed by atoms with E-state index in [4.69, 9.17) is 34.2 Å². The molecule has 1 rings (SSSR count). The van der Waals surface area contributed by atoms with Gasteiger partial charge in [0.25, 0.3) is 0 Å². The van der Waals surface area contributed by atoms with Crippen molar-refractivity contribution in [2.24, 2.45) is 5.73 Å². The molecule has 3 nitrogen and oxygen atoms in total. The molecule has 0 aromatic heterocycles. The lowest BCUT2D eigenvalue weighted by Gasteiger charge is -2.07. The molecule has 0 amide bonds. The Hall–Kier alpha value is -1.15. The molecule has 0 saturated carbocycles. The van der Waals surface area contributed by atoms with Crippen LogP contribution in [-0.4, -0.2) is 5.78 Å². The highest BCUT2D eigenvalue weighted by atomic mass is 35.5. The standard InChI is InChI=1S/C12H10Cl2N2OS/c1-7(17)8(5-15)12(16)18-6-9-10(13)3-2-4-11(9)14/h2-4H,6,16H2,1H3/b12-8-. The van der Waals surface area contributed by atoms with Gasteiger partial charge in [-0.05, 0) is 24.6 Å². The zero-order chi connectivity index (χ0) is 13.7. The third-order valence-corrected chi connectivity index (χ3v) is 3.80. The first-order chi connectivity index (χ1) is 8.47. The van der Waals surface area contributed by atoms with E-state index in [1.807, 2.05) is 0 Å². The van der Waals surface area contributed by atoms with E-state index in [0.29, 0.717) is 15.8 Å². The molecule has 0 saturated heterocycles. The summed E-state index contributed by atoms with van der Waals surface area (Å²) in [5.74, 6) is 0.0516. The van der Waals surface area contributed by atoms with Gasteiger partial charge in [-0.3, -0.25) is 4.79 Å². The van der Waals surface area contributed by atoms with Gasteiger partial charge in [-0.2, -0.15) is 5.26 Å². The van der Waals surface area contributed by atoms with Crippen molar-refractivity contribution in [3.63, 3.8) is 0 Å². The van der Waals surface area contributed by atoms with Gasteiger partial charge in [-0.15, -0.1) is 11.8 Å². The summed E-state index contributed by atoms with van der Waals surface area (Å²) in [7, 11) is 0. The first kappa shape index (κ1) is 14.9. The number of benzene rings is 1. The summed E-state index contributed by atoms with van der Waals surface area (Å²) in [5.41, 5.74) is 6.38. The van der Waals surface area contributed by atoms with Crippen molar-refractivity contribution in [3.8, 4) is 6.07 Å². The molecular weight excluding hydrogens is 291 g/mol. The minimum Gasteiger partial charge on any atom is -0.392 e. The number of hydrogen-bond acceptors (Lipinski definition) is 4. The topological polar surface area (TPSA) is 66.9 Å². The summed E-state index contributed by atoms with van der Waals surface area (Å²) >= 11 is 13.2. The Kier molecular flexibility index (Phi) is 5.54. The molecular formula is C12H10Cl2N2OS. The zero-order valence-electron chi connectivity index (χ0n) is 9.54. The first-order valence-corrected chi connectivity index (χ1v) is 6.68. The van der Waals surface area contributed by atoms with Gasteiger partial charge >= 0.3 is 0 Å². The van der Waals surface area contributed by atoms with Crippen molar-refractivity contribution in [1.29, 1.82) is 5.26 Å². The van der Waals surface area contributed by atoms with E-state index in [-0.39, 0.29) is 16.4 Å². The number of allylic oxidation sites excluding steroid dienone is 1. The predicted octanol–water partition coefficient (Wildman–Crippen LogP) is 3.51. The van der Waals surface area contributed by atoms with Crippen molar-refractivity contribution in [2.45, 2.75) is 12.7 Å². The average molecular weight is 301 g/mol. The summed E-state index contributed by atoms with van der Waals surface area (Å²) < 4.78 is 0. The Morgan fingerprint density at radius 2 is 2.00 bits per heavy atom. The molecule has 0 aliphatic rings. The van der Waals surface area contributed by atoms with Gasteiger partial charge in [0.05, 0.1) is 5.03 Å². The van der Waals surface area contributed by atoms with Crippen LogP contribution in [0.2, 0.25) is 10.0 Å². The fourth-order valence-corrected chi connectivity index (χ4v) is 2.83. The maximum absolute atomic E-state index is 11.1. The van der Waals surface area contributed by atoms with E-state index in [1.165, 1.54) is 6.92 Å². The predicted molar refractivity (Wildman–Crippen MR) is 75.3 cm³/mol. The molecule has 6 heteroatoms. The van der Waals surface area contributed by atoms with E-state index in [1.54, 1.807) is 24.3 Å². The first-order valence-electron chi connectivity index (χ1n) is 4.93. The molecule has 0 radical (unpaired) electrons. The molecule has 94 valence electrons. The number of carbonyl (C=O) groups is 1. The minimum atomic E-state index is -0.354. The molecule has 1 aromatic rings. The highest BCUT2D eigenvalue weighted by Crippen LogP contribution is 2.30. The monoisotopic (exact) mass is 300 g/mol. The maximum Gasteiger partial charge on any atom is 0.172 e. The number of carbonyl (C=O) groups excluding carboxylic acids is 1. The number of hydrogen-bond donors (Lipinski definition) is 1. The second-order valence-electron chi connectivity index (χ2n) is 3.40. The normalized spacial score (nSPS) is 11.7. The quantitative estimate of drug-likeness (QED) is 0.682. The van der Waals surface area contributed by atoms with Crippen LogP contribution in [0.5, 0.6) is 0 Å². The molecule has 1 aromatic carbocycles. The van der Waals surface area contributed by atoms with E-state index in [0.717, 1.165) is 17.3 Å². The smallest absolute Gasteiger partial charge is 0.172 e. The third-order valence-electron chi connectivity index (χ3n) is 2.14. The number of nitrogens with zero attached hydrogens (tertiary/aromatic N) is 1. The molecule has 2 N–H and O–H groups in total. The van der Waals surface area contributed by atoms with E-state index >= 15 is 0 Å². The lowest BCUT2D eigenvalue weighted by Crippen LogP contribution is -2.05. The van der Waals surface area contributed by atoms with Gasteiger partial charge < -0.3 is 5.73 Å². The van der Waals surface area contributed by atoms with Crippen LogP contribution in [0.3, 0.4) is 0 Å². The van der Waals surface area contributed by atoms with Gasteiger partial charge in [0.1, 0.15) is 11.6 Å². The Morgan fingerprint density at radius 3 is 2.44 bits per heavy atom. The van der Waals surface area contributed by atoms with Crippen molar-refractivity contribution < 1.29 is 4.79 Å². The summed E-state index contributed by atoms with van der Waals surface area (Å²) in [5, 5.41) is 10.0. The van der Waals surface area contributed by atoms with Crippen LogP contribution < -0.4 is 5.73 Å². The number of rotatable bonds is 4. The van der Waals surface area contributed by atoms with Gasteiger partial charge in [-0.25, -0.2) is 0 Å². The fraction of sp³-hybridized carbons (Fsp3) is 0.167. The largest absolute Gasteiger partial charge is 0.392 e. The molecule has 0 aliphatic heterocycles. The molecule has 0 heterocycles. The molecule has 0 bridgehead atoms. The van der Waals surface area contributed by atoms with Crippen molar-refractivity contribution >= 4 is 40.7 Å². The molecule has 0 atom stereocenters. The van der Waals surface area contributed by atoms with Gasteiger partial charge in [0.15, 0.2) is 5.78 Å². The third kappa shape index (κ3) is 3.67. The Morgan fingerprint density at radius 1 is 1.44 bits per heavy atom.